The number of aliphatic hydroxyl groups is 2. The van der Waals surface area contributed by atoms with Crippen LogP contribution in [-0.2, 0) is 4.74 Å². The number of nitrogens with zero attached hydrogens (tertiary/aromatic N) is 3. The van der Waals surface area contributed by atoms with Crippen molar-refractivity contribution in [2.45, 2.75) is 25.2 Å². The molecule has 3 N–H and O–H groups in total. The van der Waals surface area contributed by atoms with Crippen LogP contribution in [0.25, 0.3) is 33.3 Å². The molecule has 1 saturated heterocycles. The monoisotopic (exact) mass is 520 g/mol. The number of hydrazone groups is 1. The maximum absolute atomic E-state index is 15.5. The molecule has 1 fully saturated rings. The molecular formula is C28H26F2N4O4. The van der Waals surface area contributed by atoms with Crippen LogP contribution in [0.1, 0.15) is 6.92 Å². The lowest BCUT2D eigenvalue weighted by Gasteiger charge is -2.15. The summed E-state index contributed by atoms with van der Waals surface area (Å²) in [7, 11) is 0. The highest BCUT2D eigenvalue weighted by atomic mass is 19.1. The van der Waals surface area contributed by atoms with E-state index in [2.05, 4.69) is 21.8 Å². The van der Waals surface area contributed by atoms with Crippen molar-refractivity contribution in [3.8, 4) is 28.3 Å². The Bertz CT molecular complexity index is 1470. The Morgan fingerprint density at radius 2 is 1.82 bits per heavy atom. The number of aromatic nitrogens is 2. The molecule has 0 aliphatic carbocycles. The molecule has 1 aliphatic heterocycles. The molecule has 5 rings (SSSR count). The quantitative estimate of drug-likeness (QED) is 0.231. The lowest BCUT2D eigenvalue weighted by molar-refractivity contribution is -0.00390. The summed E-state index contributed by atoms with van der Waals surface area (Å²) < 4.78 is 41.4. The van der Waals surface area contributed by atoms with Crippen molar-refractivity contribution in [3.63, 3.8) is 0 Å². The molecular weight excluding hydrogens is 494 g/mol. The highest BCUT2D eigenvalue weighted by molar-refractivity contribution is 5.84. The van der Waals surface area contributed by atoms with Gasteiger partial charge in [-0.05, 0) is 35.7 Å². The maximum atomic E-state index is 15.5. The fourth-order valence-electron chi connectivity index (χ4n) is 4.43. The first-order chi connectivity index (χ1) is 18.4. The van der Waals surface area contributed by atoms with E-state index in [9.17, 15) is 10.2 Å². The van der Waals surface area contributed by atoms with Gasteiger partial charge in [0.2, 0.25) is 0 Å². The van der Waals surface area contributed by atoms with Gasteiger partial charge in [-0.1, -0.05) is 42.5 Å². The van der Waals surface area contributed by atoms with Crippen molar-refractivity contribution >= 4 is 23.4 Å². The molecule has 3 atom stereocenters. The van der Waals surface area contributed by atoms with E-state index in [0.717, 1.165) is 22.9 Å². The van der Waals surface area contributed by atoms with Crippen LogP contribution in [0.15, 0.2) is 72.0 Å². The number of ether oxygens (including phenoxy) is 2. The molecule has 1 aliphatic rings. The summed E-state index contributed by atoms with van der Waals surface area (Å²) in [6.45, 7) is 5.12. The Morgan fingerprint density at radius 1 is 1.16 bits per heavy atom. The number of aliphatic hydroxyl groups excluding tert-OH is 2. The van der Waals surface area contributed by atoms with Gasteiger partial charge < -0.3 is 24.7 Å². The largest absolute Gasteiger partial charge is 0.456 e. The van der Waals surface area contributed by atoms with Gasteiger partial charge in [0.05, 0.1) is 30.0 Å². The van der Waals surface area contributed by atoms with Gasteiger partial charge in [0.25, 0.3) is 6.01 Å². The number of halogens is 2. The number of allylic oxidation sites excluding steroid dienone is 1. The van der Waals surface area contributed by atoms with Crippen molar-refractivity contribution in [1.82, 2.24) is 9.97 Å². The molecule has 1 unspecified atom stereocenters. The molecule has 0 spiro atoms. The Balaban J connectivity index is 1.39. The van der Waals surface area contributed by atoms with Gasteiger partial charge in [-0.15, -0.1) is 0 Å². The zero-order valence-electron chi connectivity index (χ0n) is 20.5. The van der Waals surface area contributed by atoms with Gasteiger partial charge in [0, 0.05) is 19.0 Å². The number of benzene rings is 3. The number of hydrogen-bond donors (Lipinski definition) is 3. The third kappa shape index (κ3) is 4.76. The Morgan fingerprint density at radius 3 is 2.42 bits per heavy atom. The second kappa shape index (κ2) is 10.7. The lowest BCUT2D eigenvalue weighted by atomic mass is 9.99. The Labute approximate surface area is 217 Å². The number of nitrogens with one attached hydrogen (secondary N) is 1. The van der Waals surface area contributed by atoms with Gasteiger partial charge in [0.1, 0.15) is 23.5 Å². The van der Waals surface area contributed by atoms with Crippen LogP contribution in [0.3, 0.4) is 0 Å². The van der Waals surface area contributed by atoms with E-state index in [-0.39, 0.29) is 35.8 Å². The minimum atomic E-state index is -1.08. The molecule has 1 aromatic heterocycles. The predicted octanol–water partition coefficient (Wildman–Crippen LogP) is 4.63. The second-order valence-corrected chi connectivity index (χ2v) is 8.78. The minimum absolute atomic E-state index is 0.0276. The van der Waals surface area contributed by atoms with E-state index in [4.69, 9.17) is 9.47 Å². The minimum Gasteiger partial charge on any atom is -0.456 e. The fourth-order valence-corrected chi connectivity index (χ4v) is 4.43. The number of fused-ring (bicyclic) bond motifs is 1. The molecule has 0 radical (unpaired) electrons. The van der Waals surface area contributed by atoms with Crippen LogP contribution in [0, 0.1) is 11.6 Å². The van der Waals surface area contributed by atoms with Crippen LogP contribution in [-0.4, -0.2) is 58.4 Å². The average molecular weight is 521 g/mol. The average Bonchev–Trinajstić information content (AvgIpc) is 3.50. The topological polar surface area (TPSA) is 103 Å². The van der Waals surface area contributed by atoms with E-state index in [1.165, 1.54) is 0 Å². The normalized spacial score (nSPS) is 19.3. The van der Waals surface area contributed by atoms with Crippen LogP contribution in [0.4, 0.5) is 14.5 Å². The van der Waals surface area contributed by atoms with Crippen LogP contribution < -0.4 is 9.75 Å². The third-order valence-electron chi connectivity index (χ3n) is 6.41. The second-order valence-electron chi connectivity index (χ2n) is 8.78. The van der Waals surface area contributed by atoms with Gasteiger partial charge in [0.15, 0.2) is 11.9 Å². The Kier molecular flexibility index (Phi) is 7.19. The molecule has 0 bridgehead atoms. The zero-order chi connectivity index (χ0) is 26.8. The third-order valence-corrected chi connectivity index (χ3v) is 6.41. The maximum Gasteiger partial charge on any atom is 0.295 e. The molecule has 4 aromatic rings. The summed E-state index contributed by atoms with van der Waals surface area (Å²) in [6, 6.07) is 15.6. The summed E-state index contributed by atoms with van der Waals surface area (Å²) in [5, 5.41) is 25.0. The van der Waals surface area contributed by atoms with E-state index in [0.29, 0.717) is 5.56 Å². The van der Waals surface area contributed by atoms with E-state index < -0.39 is 29.9 Å². The molecule has 8 nitrogen and oxygen atoms in total. The molecule has 0 amide bonds. The molecule has 0 saturated carbocycles. The van der Waals surface area contributed by atoms with Crippen molar-refractivity contribution in [2.24, 2.45) is 5.10 Å². The molecule has 38 heavy (non-hydrogen) atoms. The molecule has 196 valence electrons. The fraction of sp³-hybridized carbons (Fsp3) is 0.214. The molecule has 3 aromatic carbocycles. The predicted molar refractivity (Wildman–Crippen MR) is 141 cm³/mol. The summed E-state index contributed by atoms with van der Waals surface area (Å²) in [5.74, 6) is -1.59. The Hall–Kier alpha value is -4.12. The summed E-state index contributed by atoms with van der Waals surface area (Å²) >= 11 is 0. The number of imidazole rings is 1. The number of H-pyrrole nitrogens is 1. The smallest absolute Gasteiger partial charge is 0.295 e. The standard InChI is InChI=1S/C28H26F2N4O4/c1-3-12-34(31-2)19-10-8-17(9-11-19)16-4-6-18(7-5-16)24-20(29)13-21-26(25(24)30)33-28(32-21)38-23-15-37-22(14-35)27(23)36/h3-13,22-23,27,35-36H,2,14-15H2,1H3,(H,32,33)/b12-3-/t22-,23?,27-/m1/s1. The zero-order valence-corrected chi connectivity index (χ0v) is 20.5. The van der Waals surface area contributed by atoms with Crippen LogP contribution in [0.5, 0.6) is 6.01 Å². The summed E-state index contributed by atoms with van der Waals surface area (Å²) in [4.78, 5) is 6.86. The number of rotatable bonds is 8. The van der Waals surface area contributed by atoms with Crippen molar-refractivity contribution in [2.75, 3.05) is 18.2 Å². The summed E-state index contributed by atoms with van der Waals surface area (Å²) in [6.07, 6.45) is 0.995. The van der Waals surface area contributed by atoms with Gasteiger partial charge >= 0.3 is 0 Å². The van der Waals surface area contributed by atoms with Crippen LogP contribution >= 0.6 is 0 Å². The van der Waals surface area contributed by atoms with E-state index >= 15 is 8.78 Å². The first-order valence-electron chi connectivity index (χ1n) is 12.0. The SMILES string of the molecule is C=NN(/C=C\C)c1ccc(-c2ccc(-c3c(F)cc4[nH]c(OC5CO[C@H](CO)[C@H]5O)nc4c3F)cc2)cc1. The molecule has 10 heteroatoms. The number of hydrogen-bond acceptors (Lipinski definition) is 7. The first kappa shape index (κ1) is 25.5. The van der Waals surface area contributed by atoms with E-state index in [1.807, 2.05) is 37.3 Å². The number of anilines is 1. The van der Waals surface area contributed by atoms with Gasteiger partial charge in [-0.25, -0.2) is 13.8 Å². The summed E-state index contributed by atoms with van der Waals surface area (Å²) in [5.41, 5.74) is 2.82. The molecule has 2 heterocycles. The van der Waals surface area contributed by atoms with Gasteiger partial charge in [-0.2, -0.15) is 10.1 Å². The highest BCUT2D eigenvalue weighted by Crippen LogP contribution is 2.34. The highest BCUT2D eigenvalue weighted by Gasteiger charge is 2.37. The van der Waals surface area contributed by atoms with Crippen molar-refractivity contribution < 1.29 is 28.5 Å². The number of aromatic amines is 1. The van der Waals surface area contributed by atoms with Crippen molar-refractivity contribution in [1.29, 1.82) is 0 Å². The first-order valence-corrected chi connectivity index (χ1v) is 12.0. The van der Waals surface area contributed by atoms with Crippen molar-refractivity contribution in [3.05, 3.63) is 78.5 Å². The van der Waals surface area contributed by atoms with E-state index in [1.54, 1.807) is 35.5 Å². The van der Waals surface area contributed by atoms with Gasteiger partial charge in [-0.3, -0.25) is 0 Å². The lowest BCUT2D eigenvalue weighted by Crippen LogP contribution is -2.36. The van der Waals surface area contributed by atoms with Crippen LogP contribution in [0.2, 0.25) is 0 Å².